The van der Waals surface area contributed by atoms with Gasteiger partial charge in [0.15, 0.2) is 18.5 Å². The maximum atomic E-state index is 13.3. The first-order valence-electron chi connectivity index (χ1n) is 13.7. The fourth-order valence-corrected chi connectivity index (χ4v) is 4.60. The molecule has 1 saturated heterocycles. The number of carbonyl (C=O) groups excluding carboxylic acids is 3. The van der Waals surface area contributed by atoms with Gasteiger partial charge >= 0.3 is 17.9 Å². The average molecular weight is 583 g/mol. The van der Waals surface area contributed by atoms with Gasteiger partial charge in [-0.25, -0.2) is 14.4 Å². The summed E-state index contributed by atoms with van der Waals surface area (Å²) in [7, 11) is 0. The molecule has 0 radical (unpaired) electrons. The Kier molecular flexibility index (Phi) is 9.91. The van der Waals surface area contributed by atoms with Crippen LogP contribution in [0.25, 0.3) is 0 Å². The molecule has 1 fully saturated rings. The Bertz CT molecular complexity index is 1480. The molecule has 5 atom stereocenters. The zero-order valence-corrected chi connectivity index (χ0v) is 23.1. The van der Waals surface area contributed by atoms with Crippen molar-refractivity contribution in [1.29, 1.82) is 0 Å². The van der Waals surface area contributed by atoms with Gasteiger partial charge in [-0.3, -0.25) is 0 Å². The molecule has 0 bridgehead atoms. The molecule has 0 saturated carbocycles. The summed E-state index contributed by atoms with van der Waals surface area (Å²) in [5, 5.41) is 11.1. The Morgan fingerprint density at radius 2 is 1.02 bits per heavy atom. The highest BCUT2D eigenvalue weighted by molar-refractivity contribution is 5.90. The highest BCUT2D eigenvalue weighted by Crippen LogP contribution is 2.30. The molecule has 4 aromatic carbocycles. The third-order valence-corrected chi connectivity index (χ3v) is 6.79. The van der Waals surface area contributed by atoms with E-state index in [1.54, 1.807) is 91.0 Å². The third kappa shape index (κ3) is 7.72. The Morgan fingerprint density at radius 1 is 0.581 bits per heavy atom. The van der Waals surface area contributed by atoms with Crippen LogP contribution in [0.5, 0.6) is 0 Å². The lowest BCUT2D eigenvalue weighted by atomic mass is 9.97. The topological polar surface area (TPSA) is 118 Å². The SMILES string of the molecule is O=C(OC[C@H]1O[C@@H](O)[C@H](OC(=O)c2ccccc2)[C@@H](OCc2ccccc2)[C@H]1OC(=O)c1ccccc1)c1ccccc1. The lowest BCUT2D eigenvalue weighted by Gasteiger charge is -2.43. The Morgan fingerprint density at radius 3 is 1.53 bits per heavy atom. The molecule has 43 heavy (non-hydrogen) atoms. The van der Waals surface area contributed by atoms with E-state index in [1.807, 2.05) is 30.3 Å². The highest BCUT2D eigenvalue weighted by Gasteiger charge is 2.51. The minimum Gasteiger partial charge on any atom is -0.459 e. The number of ether oxygens (including phenoxy) is 5. The van der Waals surface area contributed by atoms with Crippen LogP contribution < -0.4 is 0 Å². The van der Waals surface area contributed by atoms with Gasteiger partial charge in [0.05, 0.1) is 23.3 Å². The summed E-state index contributed by atoms with van der Waals surface area (Å²) < 4.78 is 29.1. The van der Waals surface area contributed by atoms with Gasteiger partial charge in [-0.05, 0) is 42.0 Å². The summed E-state index contributed by atoms with van der Waals surface area (Å²) in [4.78, 5) is 39.0. The molecule has 220 valence electrons. The van der Waals surface area contributed by atoms with Crippen molar-refractivity contribution in [3.8, 4) is 0 Å². The molecule has 1 N–H and O–H groups in total. The van der Waals surface area contributed by atoms with Gasteiger partial charge in [0.1, 0.15) is 18.8 Å². The summed E-state index contributed by atoms with van der Waals surface area (Å²) in [6, 6.07) is 34.1. The van der Waals surface area contributed by atoms with Gasteiger partial charge in [0, 0.05) is 0 Å². The van der Waals surface area contributed by atoms with Crippen LogP contribution >= 0.6 is 0 Å². The van der Waals surface area contributed by atoms with E-state index in [-0.39, 0.29) is 24.3 Å². The number of carbonyl (C=O) groups is 3. The zero-order valence-electron chi connectivity index (χ0n) is 23.1. The second-order valence-corrected chi connectivity index (χ2v) is 9.76. The van der Waals surface area contributed by atoms with Crippen LogP contribution in [0, 0.1) is 0 Å². The number of aliphatic hydroxyl groups excluding tert-OH is 1. The van der Waals surface area contributed by atoms with Crippen LogP contribution in [0.4, 0.5) is 0 Å². The molecule has 9 heteroatoms. The van der Waals surface area contributed by atoms with E-state index in [1.165, 1.54) is 0 Å². The molecule has 0 aliphatic carbocycles. The zero-order chi connectivity index (χ0) is 30.0. The predicted molar refractivity (Wildman–Crippen MR) is 154 cm³/mol. The Balaban J connectivity index is 1.44. The van der Waals surface area contributed by atoms with E-state index < -0.39 is 48.6 Å². The summed E-state index contributed by atoms with van der Waals surface area (Å²) >= 11 is 0. The fraction of sp³-hybridized carbons (Fsp3) is 0.206. The second kappa shape index (κ2) is 14.4. The van der Waals surface area contributed by atoms with E-state index in [4.69, 9.17) is 23.7 Å². The van der Waals surface area contributed by atoms with Crippen LogP contribution in [0.3, 0.4) is 0 Å². The van der Waals surface area contributed by atoms with Crippen molar-refractivity contribution in [2.75, 3.05) is 6.61 Å². The molecule has 4 aromatic rings. The van der Waals surface area contributed by atoms with E-state index in [0.29, 0.717) is 5.56 Å². The molecule has 0 spiro atoms. The Hall–Kier alpha value is -4.83. The average Bonchev–Trinajstić information content (AvgIpc) is 3.06. The minimum absolute atomic E-state index is 0.0352. The summed E-state index contributed by atoms with van der Waals surface area (Å²) in [6.45, 7) is -0.352. The van der Waals surface area contributed by atoms with Crippen molar-refractivity contribution in [2.45, 2.75) is 37.3 Å². The molecule has 0 aromatic heterocycles. The van der Waals surface area contributed by atoms with Gasteiger partial charge in [-0.15, -0.1) is 0 Å². The monoisotopic (exact) mass is 582 g/mol. The van der Waals surface area contributed by atoms with Crippen LogP contribution in [-0.4, -0.2) is 60.3 Å². The molecule has 0 unspecified atom stereocenters. The van der Waals surface area contributed by atoms with Gasteiger partial charge < -0.3 is 28.8 Å². The first kappa shape index (κ1) is 29.7. The standard InChI is InChI=1S/C34H30O9/c35-31(24-15-7-2-8-16-24)40-22-27-28(42-32(36)25-17-9-3-10-18-25)29(39-21-23-13-5-1-6-14-23)30(34(38)41-27)43-33(37)26-19-11-4-12-20-26/h1-20,27-30,34,38H,21-22H2/t27-,28+,29+,30-,34-/m1/s1. The summed E-state index contributed by atoms with van der Waals surface area (Å²) in [6.07, 6.45) is -6.71. The maximum Gasteiger partial charge on any atom is 0.338 e. The molecule has 9 nitrogen and oxygen atoms in total. The number of hydrogen-bond donors (Lipinski definition) is 1. The van der Waals surface area contributed by atoms with E-state index in [0.717, 1.165) is 5.56 Å². The van der Waals surface area contributed by atoms with Crippen molar-refractivity contribution in [3.05, 3.63) is 144 Å². The van der Waals surface area contributed by atoms with Crippen LogP contribution in [0.15, 0.2) is 121 Å². The smallest absolute Gasteiger partial charge is 0.338 e. The van der Waals surface area contributed by atoms with E-state index in [9.17, 15) is 19.5 Å². The molecule has 1 heterocycles. The molecular formula is C34H30O9. The quantitative estimate of drug-likeness (QED) is 0.212. The number of aliphatic hydroxyl groups is 1. The van der Waals surface area contributed by atoms with Crippen molar-refractivity contribution in [2.24, 2.45) is 0 Å². The molecule has 1 aliphatic heterocycles. The first-order chi connectivity index (χ1) is 21.0. The maximum absolute atomic E-state index is 13.3. The highest BCUT2D eigenvalue weighted by atomic mass is 16.7. The van der Waals surface area contributed by atoms with Crippen molar-refractivity contribution in [3.63, 3.8) is 0 Å². The first-order valence-corrected chi connectivity index (χ1v) is 13.7. The molecular weight excluding hydrogens is 552 g/mol. The number of benzene rings is 4. The lowest BCUT2D eigenvalue weighted by Crippen LogP contribution is -2.62. The third-order valence-electron chi connectivity index (χ3n) is 6.79. The normalized spacial score (nSPS) is 21.4. The fourth-order valence-electron chi connectivity index (χ4n) is 4.60. The number of rotatable bonds is 10. The van der Waals surface area contributed by atoms with Crippen LogP contribution in [0.1, 0.15) is 36.6 Å². The van der Waals surface area contributed by atoms with Gasteiger partial charge in [0.2, 0.25) is 0 Å². The van der Waals surface area contributed by atoms with E-state index in [2.05, 4.69) is 0 Å². The van der Waals surface area contributed by atoms with Crippen molar-refractivity contribution in [1.82, 2.24) is 0 Å². The van der Waals surface area contributed by atoms with Gasteiger partial charge in [-0.1, -0.05) is 84.9 Å². The Labute approximate surface area is 248 Å². The van der Waals surface area contributed by atoms with Crippen molar-refractivity contribution < 1.29 is 43.2 Å². The number of hydrogen-bond acceptors (Lipinski definition) is 9. The lowest BCUT2D eigenvalue weighted by molar-refractivity contribution is -0.294. The van der Waals surface area contributed by atoms with Gasteiger partial charge in [-0.2, -0.15) is 0 Å². The van der Waals surface area contributed by atoms with Crippen LogP contribution in [-0.2, 0) is 30.3 Å². The molecule has 5 rings (SSSR count). The predicted octanol–water partition coefficient (Wildman–Crippen LogP) is 4.60. The largest absolute Gasteiger partial charge is 0.459 e. The van der Waals surface area contributed by atoms with Gasteiger partial charge in [0.25, 0.3) is 0 Å². The summed E-state index contributed by atoms with van der Waals surface area (Å²) in [5.74, 6) is -2.07. The molecule has 0 amide bonds. The van der Waals surface area contributed by atoms with Crippen molar-refractivity contribution >= 4 is 17.9 Å². The van der Waals surface area contributed by atoms with Crippen LogP contribution in [0.2, 0.25) is 0 Å². The molecule has 1 aliphatic rings. The number of esters is 3. The second-order valence-electron chi connectivity index (χ2n) is 9.76. The minimum atomic E-state index is -1.69. The summed E-state index contributed by atoms with van der Waals surface area (Å²) in [5.41, 5.74) is 1.60. The van der Waals surface area contributed by atoms with E-state index >= 15 is 0 Å².